The Kier molecular flexibility index (Phi) is 3.66. The number of carbonyl (C=O) groups is 2. The molecule has 0 bridgehead atoms. The van der Waals surface area contributed by atoms with Gasteiger partial charge in [-0.05, 0) is 12.1 Å². The molecule has 1 aromatic heterocycles. The van der Waals surface area contributed by atoms with Crippen molar-refractivity contribution in [3.63, 3.8) is 0 Å². The predicted octanol–water partition coefficient (Wildman–Crippen LogP) is 2.15. The molecule has 0 saturated heterocycles. The minimum Gasteiger partial charge on any atom is -0.496 e. The molecule has 0 aliphatic rings. The van der Waals surface area contributed by atoms with Gasteiger partial charge in [0.25, 0.3) is 0 Å². The Morgan fingerprint density at radius 3 is 2.68 bits per heavy atom. The van der Waals surface area contributed by atoms with Crippen molar-refractivity contribution in [1.29, 1.82) is 0 Å². The smallest absolute Gasteiger partial charge is 0.352 e. The zero-order valence-corrected chi connectivity index (χ0v) is 10.3. The standard InChI is InChI=1S/C14H13NO4/c1-19-13-5-3-2-4-9(13)7-12(16)10-6-11(14(17)18)15-8-10/h2-6,8,15H,7H2,1H3,(H,17,18). The molecular weight excluding hydrogens is 246 g/mol. The maximum Gasteiger partial charge on any atom is 0.352 e. The number of aromatic carboxylic acids is 1. The number of carboxylic acid groups (broad SMARTS) is 1. The molecule has 0 fully saturated rings. The van der Waals surface area contributed by atoms with Gasteiger partial charge in [-0.3, -0.25) is 4.79 Å². The number of hydrogen-bond donors (Lipinski definition) is 2. The van der Waals surface area contributed by atoms with E-state index in [1.165, 1.54) is 12.3 Å². The largest absolute Gasteiger partial charge is 0.496 e. The Labute approximate surface area is 109 Å². The third-order valence-corrected chi connectivity index (χ3v) is 2.78. The minimum atomic E-state index is -1.09. The number of carboxylic acids is 1. The molecule has 0 saturated carbocycles. The van der Waals surface area contributed by atoms with Gasteiger partial charge in [-0.2, -0.15) is 0 Å². The number of aromatic nitrogens is 1. The van der Waals surface area contributed by atoms with Crippen molar-refractivity contribution in [2.24, 2.45) is 0 Å². The molecule has 0 aliphatic carbocycles. The summed E-state index contributed by atoms with van der Waals surface area (Å²) in [4.78, 5) is 25.3. The van der Waals surface area contributed by atoms with Crippen molar-refractivity contribution in [1.82, 2.24) is 4.98 Å². The summed E-state index contributed by atoms with van der Waals surface area (Å²) in [6.07, 6.45) is 1.57. The molecule has 5 heteroatoms. The monoisotopic (exact) mass is 259 g/mol. The molecule has 0 spiro atoms. The summed E-state index contributed by atoms with van der Waals surface area (Å²) in [7, 11) is 1.54. The number of Topliss-reactive ketones (excluding diaryl/α,β-unsaturated/α-hetero) is 1. The topological polar surface area (TPSA) is 79.4 Å². The van der Waals surface area contributed by atoms with Crippen LogP contribution in [0, 0.1) is 0 Å². The number of hydrogen-bond acceptors (Lipinski definition) is 3. The lowest BCUT2D eigenvalue weighted by Gasteiger charge is -2.06. The molecule has 2 rings (SSSR count). The van der Waals surface area contributed by atoms with E-state index in [0.29, 0.717) is 11.3 Å². The van der Waals surface area contributed by atoms with Crippen LogP contribution < -0.4 is 4.74 Å². The Hall–Kier alpha value is -2.56. The molecule has 1 aromatic carbocycles. The molecule has 5 nitrogen and oxygen atoms in total. The lowest BCUT2D eigenvalue weighted by Crippen LogP contribution is -2.04. The van der Waals surface area contributed by atoms with Gasteiger partial charge in [0.15, 0.2) is 5.78 Å². The van der Waals surface area contributed by atoms with E-state index in [0.717, 1.165) is 5.56 Å². The second-order valence-electron chi connectivity index (χ2n) is 4.02. The second-order valence-corrected chi connectivity index (χ2v) is 4.02. The number of ether oxygens (including phenoxy) is 1. The maximum absolute atomic E-state index is 12.0. The third-order valence-electron chi connectivity index (χ3n) is 2.78. The molecule has 19 heavy (non-hydrogen) atoms. The number of aromatic amines is 1. The summed E-state index contributed by atoms with van der Waals surface area (Å²) >= 11 is 0. The Balaban J connectivity index is 2.18. The first-order valence-electron chi connectivity index (χ1n) is 5.68. The first-order chi connectivity index (χ1) is 9.11. The van der Waals surface area contributed by atoms with Crippen molar-refractivity contribution in [2.45, 2.75) is 6.42 Å². The van der Waals surface area contributed by atoms with Crippen molar-refractivity contribution in [3.8, 4) is 5.75 Å². The van der Waals surface area contributed by atoms with E-state index in [-0.39, 0.29) is 17.9 Å². The molecule has 2 N–H and O–H groups in total. The van der Waals surface area contributed by atoms with Crippen molar-refractivity contribution < 1.29 is 19.4 Å². The molecule has 0 amide bonds. The van der Waals surface area contributed by atoms with Crippen LogP contribution in [0.5, 0.6) is 5.75 Å². The van der Waals surface area contributed by atoms with E-state index in [1.54, 1.807) is 13.2 Å². The SMILES string of the molecule is COc1ccccc1CC(=O)c1c[nH]c(C(=O)O)c1. The maximum atomic E-state index is 12.0. The number of rotatable bonds is 5. The first kappa shape index (κ1) is 12.9. The van der Waals surface area contributed by atoms with E-state index in [2.05, 4.69) is 4.98 Å². The van der Waals surface area contributed by atoms with Gasteiger partial charge < -0.3 is 14.8 Å². The van der Waals surface area contributed by atoms with Gasteiger partial charge in [-0.25, -0.2) is 4.79 Å². The highest BCUT2D eigenvalue weighted by molar-refractivity contribution is 5.99. The van der Waals surface area contributed by atoms with E-state index < -0.39 is 5.97 Å². The van der Waals surface area contributed by atoms with Gasteiger partial charge in [0.2, 0.25) is 0 Å². The van der Waals surface area contributed by atoms with Gasteiger partial charge in [0.1, 0.15) is 11.4 Å². The van der Waals surface area contributed by atoms with E-state index >= 15 is 0 Å². The summed E-state index contributed by atoms with van der Waals surface area (Å²) in [5, 5.41) is 8.79. The highest BCUT2D eigenvalue weighted by atomic mass is 16.5. The van der Waals surface area contributed by atoms with Crippen LogP contribution in [0.1, 0.15) is 26.4 Å². The van der Waals surface area contributed by atoms with Gasteiger partial charge in [-0.15, -0.1) is 0 Å². The number of ketones is 1. The predicted molar refractivity (Wildman–Crippen MR) is 68.8 cm³/mol. The Morgan fingerprint density at radius 1 is 1.32 bits per heavy atom. The molecular formula is C14H13NO4. The van der Waals surface area contributed by atoms with Crippen molar-refractivity contribution in [3.05, 3.63) is 53.3 Å². The van der Waals surface area contributed by atoms with Gasteiger partial charge in [-0.1, -0.05) is 18.2 Å². The van der Waals surface area contributed by atoms with E-state index in [1.807, 2.05) is 18.2 Å². The number of H-pyrrole nitrogens is 1. The molecule has 1 heterocycles. The normalized spacial score (nSPS) is 10.2. The fraction of sp³-hybridized carbons (Fsp3) is 0.143. The van der Waals surface area contributed by atoms with Crippen LogP contribution in [0.25, 0.3) is 0 Å². The highest BCUT2D eigenvalue weighted by Crippen LogP contribution is 2.19. The fourth-order valence-electron chi connectivity index (χ4n) is 1.80. The lowest BCUT2D eigenvalue weighted by molar-refractivity contribution is 0.0691. The number of para-hydroxylation sites is 1. The Morgan fingerprint density at radius 2 is 2.05 bits per heavy atom. The van der Waals surface area contributed by atoms with E-state index in [9.17, 15) is 9.59 Å². The molecule has 98 valence electrons. The van der Waals surface area contributed by atoms with E-state index in [4.69, 9.17) is 9.84 Å². The average Bonchev–Trinajstić information content (AvgIpc) is 2.89. The number of methoxy groups -OCH3 is 1. The molecule has 0 atom stereocenters. The zero-order chi connectivity index (χ0) is 13.8. The zero-order valence-electron chi connectivity index (χ0n) is 10.3. The van der Waals surface area contributed by atoms with Crippen LogP contribution in [0.3, 0.4) is 0 Å². The molecule has 0 aliphatic heterocycles. The van der Waals surface area contributed by atoms with Gasteiger partial charge in [0, 0.05) is 23.7 Å². The minimum absolute atomic E-state index is 0.00313. The molecule has 0 radical (unpaired) electrons. The van der Waals surface area contributed by atoms with Crippen molar-refractivity contribution >= 4 is 11.8 Å². The summed E-state index contributed by atoms with van der Waals surface area (Å²) in [5.74, 6) is -0.602. The third kappa shape index (κ3) is 2.82. The lowest BCUT2D eigenvalue weighted by atomic mass is 10.0. The molecule has 2 aromatic rings. The first-order valence-corrected chi connectivity index (χ1v) is 5.68. The van der Waals surface area contributed by atoms with Crippen LogP contribution in [0.4, 0.5) is 0 Å². The summed E-state index contributed by atoms with van der Waals surface area (Å²) in [5.41, 5.74) is 1.12. The Bertz CT molecular complexity index is 615. The number of carbonyl (C=O) groups excluding carboxylic acids is 1. The van der Waals surface area contributed by atoms with Gasteiger partial charge in [0.05, 0.1) is 7.11 Å². The van der Waals surface area contributed by atoms with Crippen LogP contribution in [-0.4, -0.2) is 29.0 Å². The second kappa shape index (κ2) is 5.39. The number of nitrogens with one attached hydrogen (secondary N) is 1. The molecule has 0 unspecified atom stereocenters. The van der Waals surface area contributed by atoms with Crippen LogP contribution in [0.2, 0.25) is 0 Å². The summed E-state index contributed by atoms with van der Waals surface area (Å²) in [6, 6.07) is 8.57. The summed E-state index contributed by atoms with van der Waals surface area (Å²) in [6.45, 7) is 0. The fourth-order valence-corrected chi connectivity index (χ4v) is 1.80. The van der Waals surface area contributed by atoms with Crippen molar-refractivity contribution in [2.75, 3.05) is 7.11 Å². The quantitative estimate of drug-likeness (QED) is 0.806. The van der Waals surface area contributed by atoms with Crippen LogP contribution in [-0.2, 0) is 6.42 Å². The van der Waals surface area contributed by atoms with Crippen LogP contribution in [0.15, 0.2) is 36.5 Å². The van der Waals surface area contributed by atoms with Gasteiger partial charge >= 0.3 is 5.97 Å². The summed E-state index contributed by atoms with van der Waals surface area (Å²) < 4.78 is 5.17. The number of benzene rings is 1. The van der Waals surface area contributed by atoms with Crippen LogP contribution >= 0.6 is 0 Å². The highest BCUT2D eigenvalue weighted by Gasteiger charge is 2.14. The average molecular weight is 259 g/mol.